The van der Waals surface area contributed by atoms with Crippen LogP contribution in [0.3, 0.4) is 0 Å². The molecule has 1 saturated heterocycles. The number of hydrogen-bond donors (Lipinski definition) is 0. The van der Waals surface area contributed by atoms with E-state index in [1.165, 1.54) is 0 Å². The standard InChI is InChI=1S/C23H32ClNO5/c1-6-18(22(28)29-7-2)25-19(15-8-11-17(24)12-9-15)13-10-16(21(25)27)14-20(26)30-23(3,4)5/h8-9,11-12,16,18-19H,6-7,10,13-14H2,1-5H3. The summed E-state index contributed by atoms with van der Waals surface area (Å²) in [5, 5.41) is 0.604. The molecular weight excluding hydrogens is 406 g/mol. The fraction of sp³-hybridized carbons (Fsp3) is 0.609. The Labute approximate surface area is 183 Å². The van der Waals surface area contributed by atoms with Crippen LogP contribution in [-0.2, 0) is 23.9 Å². The van der Waals surface area contributed by atoms with Crippen molar-refractivity contribution in [1.29, 1.82) is 0 Å². The number of benzene rings is 1. The Morgan fingerprint density at radius 1 is 1.17 bits per heavy atom. The average Bonchev–Trinajstić information content (AvgIpc) is 2.65. The number of piperidine rings is 1. The number of amides is 1. The van der Waals surface area contributed by atoms with Gasteiger partial charge in [-0.1, -0.05) is 30.7 Å². The minimum atomic E-state index is -0.709. The van der Waals surface area contributed by atoms with Crippen molar-refractivity contribution in [2.24, 2.45) is 5.92 Å². The Bertz CT molecular complexity index is 756. The van der Waals surface area contributed by atoms with Crippen molar-refractivity contribution >= 4 is 29.4 Å². The van der Waals surface area contributed by atoms with E-state index < -0.39 is 29.5 Å². The van der Waals surface area contributed by atoms with Crippen molar-refractivity contribution in [2.45, 2.75) is 78.0 Å². The minimum Gasteiger partial charge on any atom is -0.464 e. The third kappa shape index (κ3) is 6.21. The third-order valence-corrected chi connectivity index (χ3v) is 5.35. The highest BCUT2D eigenvalue weighted by Gasteiger charge is 2.43. The smallest absolute Gasteiger partial charge is 0.328 e. The van der Waals surface area contributed by atoms with Crippen LogP contribution in [-0.4, -0.2) is 41.0 Å². The Hall–Kier alpha value is -2.08. The van der Waals surface area contributed by atoms with E-state index in [1.807, 2.05) is 19.1 Å². The lowest BCUT2D eigenvalue weighted by atomic mass is 9.85. The van der Waals surface area contributed by atoms with Crippen molar-refractivity contribution in [3.8, 4) is 0 Å². The Balaban J connectivity index is 2.32. The summed E-state index contributed by atoms with van der Waals surface area (Å²) in [5.41, 5.74) is 0.295. The lowest BCUT2D eigenvalue weighted by Crippen LogP contribution is -2.52. The van der Waals surface area contributed by atoms with E-state index in [-0.39, 0.29) is 25.0 Å². The maximum atomic E-state index is 13.5. The first-order chi connectivity index (χ1) is 14.1. The first-order valence-corrected chi connectivity index (χ1v) is 10.9. The van der Waals surface area contributed by atoms with E-state index in [9.17, 15) is 14.4 Å². The monoisotopic (exact) mass is 437 g/mol. The molecule has 166 valence electrons. The van der Waals surface area contributed by atoms with Crippen LogP contribution in [0.1, 0.15) is 71.9 Å². The molecule has 0 radical (unpaired) electrons. The molecule has 30 heavy (non-hydrogen) atoms. The van der Waals surface area contributed by atoms with Crippen LogP contribution >= 0.6 is 11.6 Å². The SMILES string of the molecule is CCOC(=O)C(CC)N1C(=O)C(CC(=O)OC(C)(C)C)CCC1c1ccc(Cl)cc1. The second kappa shape index (κ2) is 10.3. The highest BCUT2D eigenvalue weighted by molar-refractivity contribution is 6.30. The number of nitrogens with zero attached hydrogens (tertiary/aromatic N) is 1. The van der Waals surface area contributed by atoms with Gasteiger partial charge in [0, 0.05) is 10.9 Å². The van der Waals surface area contributed by atoms with Crippen molar-refractivity contribution in [3.05, 3.63) is 34.9 Å². The van der Waals surface area contributed by atoms with Crippen molar-refractivity contribution < 1.29 is 23.9 Å². The number of carbonyl (C=O) groups is 3. The summed E-state index contributed by atoms with van der Waals surface area (Å²) >= 11 is 6.02. The molecule has 6 nitrogen and oxygen atoms in total. The number of hydrogen-bond acceptors (Lipinski definition) is 5. The van der Waals surface area contributed by atoms with Crippen LogP contribution in [0, 0.1) is 5.92 Å². The molecule has 0 saturated carbocycles. The van der Waals surface area contributed by atoms with Gasteiger partial charge >= 0.3 is 11.9 Å². The molecule has 7 heteroatoms. The van der Waals surface area contributed by atoms with Gasteiger partial charge in [0.15, 0.2) is 0 Å². The van der Waals surface area contributed by atoms with Crippen LogP contribution in [0.15, 0.2) is 24.3 Å². The molecular formula is C23H32ClNO5. The number of ether oxygens (including phenoxy) is 2. The molecule has 1 amide bonds. The van der Waals surface area contributed by atoms with Gasteiger partial charge in [-0.15, -0.1) is 0 Å². The largest absolute Gasteiger partial charge is 0.464 e. The average molecular weight is 438 g/mol. The molecule has 1 heterocycles. The Kier molecular flexibility index (Phi) is 8.30. The summed E-state index contributed by atoms with van der Waals surface area (Å²) in [6.45, 7) is 9.22. The minimum absolute atomic E-state index is 0.000793. The summed E-state index contributed by atoms with van der Waals surface area (Å²) in [7, 11) is 0. The van der Waals surface area contributed by atoms with Gasteiger partial charge in [0.05, 0.1) is 19.1 Å². The first-order valence-electron chi connectivity index (χ1n) is 10.5. The van der Waals surface area contributed by atoms with E-state index in [4.69, 9.17) is 21.1 Å². The molecule has 1 aromatic rings. The highest BCUT2D eigenvalue weighted by atomic mass is 35.5. The van der Waals surface area contributed by atoms with Crippen LogP contribution in [0.4, 0.5) is 0 Å². The van der Waals surface area contributed by atoms with Gasteiger partial charge in [0.1, 0.15) is 11.6 Å². The van der Waals surface area contributed by atoms with Crippen LogP contribution in [0.2, 0.25) is 5.02 Å². The summed E-state index contributed by atoms with van der Waals surface area (Å²) in [6.07, 6.45) is 1.60. The summed E-state index contributed by atoms with van der Waals surface area (Å²) < 4.78 is 10.6. The van der Waals surface area contributed by atoms with Crippen LogP contribution in [0.5, 0.6) is 0 Å². The van der Waals surface area contributed by atoms with E-state index in [2.05, 4.69) is 0 Å². The van der Waals surface area contributed by atoms with E-state index in [0.29, 0.717) is 24.3 Å². The van der Waals surface area contributed by atoms with E-state index in [1.54, 1.807) is 44.7 Å². The van der Waals surface area contributed by atoms with Gasteiger partial charge in [-0.3, -0.25) is 9.59 Å². The molecule has 0 bridgehead atoms. The van der Waals surface area contributed by atoms with Crippen LogP contribution < -0.4 is 0 Å². The van der Waals surface area contributed by atoms with Gasteiger partial charge in [-0.2, -0.15) is 0 Å². The number of likely N-dealkylation sites (tertiary alicyclic amines) is 1. The zero-order valence-corrected chi connectivity index (χ0v) is 19.2. The normalized spacial score (nSPS) is 20.6. The molecule has 1 aromatic carbocycles. The number of esters is 2. The highest BCUT2D eigenvalue weighted by Crippen LogP contribution is 2.38. The lowest BCUT2D eigenvalue weighted by Gasteiger charge is -2.43. The quantitative estimate of drug-likeness (QED) is 0.578. The summed E-state index contributed by atoms with van der Waals surface area (Å²) in [4.78, 5) is 40.1. The number of halogens is 1. The number of carbonyl (C=O) groups excluding carboxylic acids is 3. The molecule has 3 atom stereocenters. The van der Waals surface area contributed by atoms with Gasteiger partial charge in [-0.05, 0) is 64.7 Å². The Morgan fingerprint density at radius 2 is 1.80 bits per heavy atom. The second-order valence-electron chi connectivity index (χ2n) is 8.55. The zero-order chi connectivity index (χ0) is 22.5. The maximum Gasteiger partial charge on any atom is 0.328 e. The lowest BCUT2D eigenvalue weighted by molar-refractivity contribution is -0.165. The molecule has 0 spiro atoms. The third-order valence-electron chi connectivity index (χ3n) is 5.10. The maximum absolute atomic E-state index is 13.5. The van der Waals surface area contributed by atoms with Gasteiger partial charge < -0.3 is 14.4 Å². The molecule has 1 fully saturated rings. The molecule has 1 aliphatic rings. The molecule has 0 aliphatic carbocycles. The van der Waals surface area contributed by atoms with Gasteiger partial charge in [0.25, 0.3) is 0 Å². The fourth-order valence-corrected chi connectivity index (χ4v) is 3.98. The van der Waals surface area contributed by atoms with E-state index in [0.717, 1.165) is 5.56 Å². The summed E-state index contributed by atoms with van der Waals surface area (Å²) in [5.74, 6) is -1.57. The molecule has 3 unspecified atom stereocenters. The number of rotatable bonds is 7. The second-order valence-corrected chi connectivity index (χ2v) is 8.99. The predicted octanol–water partition coefficient (Wildman–Crippen LogP) is 4.69. The fourth-order valence-electron chi connectivity index (χ4n) is 3.86. The van der Waals surface area contributed by atoms with Gasteiger partial charge in [0.2, 0.25) is 5.91 Å². The predicted molar refractivity (Wildman–Crippen MR) is 115 cm³/mol. The zero-order valence-electron chi connectivity index (χ0n) is 18.4. The molecule has 0 aromatic heterocycles. The molecule has 0 N–H and O–H groups in total. The van der Waals surface area contributed by atoms with E-state index >= 15 is 0 Å². The summed E-state index contributed by atoms with van der Waals surface area (Å²) in [6, 6.07) is 6.31. The topological polar surface area (TPSA) is 72.9 Å². The molecule has 2 rings (SSSR count). The molecule has 1 aliphatic heterocycles. The van der Waals surface area contributed by atoms with Crippen LogP contribution in [0.25, 0.3) is 0 Å². The van der Waals surface area contributed by atoms with Crippen molar-refractivity contribution in [3.63, 3.8) is 0 Å². The Morgan fingerprint density at radius 3 is 2.33 bits per heavy atom. The van der Waals surface area contributed by atoms with Crippen molar-refractivity contribution in [2.75, 3.05) is 6.61 Å². The van der Waals surface area contributed by atoms with Gasteiger partial charge in [-0.25, -0.2) is 4.79 Å². The first kappa shape index (κ1) is 24.2. The van der Waals surface area contributed by atoms with Crippen molar-refractivity contribution in [1.82, 2.24) is 4.90 Å².